The predicted molar refractivity (Wildman–Crippen MR) is 83.3 cm³/mol. The smallest absolute Gasteiger partial charge is 0.110 e. The van der Waals surface area contributed by atoms with Crippen LogP contribution in [0.4, 0.5) is 0 Å². The van der Waals surface area contributed by atoms with Crippen molar-refractivity contribution < 1.29 is 0 Å². The van der Waals surface area contributed by atoms with E-state index in [1.807, 2.05) is 24.3 Å². The summed E-state index contributed by atoms with van der Waals surface area (Å²) in [6, 6.07) is 18.4. The van der Waals surface area contributed by atoms with E-state index in [-0.39, 0.29) is 0 Å². The number of thioether (sulfide) groups is 1. The Morgan fingerprint density at radius 2 is 1.68 bits per heavy atom. The van der Waals surface area contributed by atoms with E-state index >= 15 is 0 Å². The van der Waals surface area contributed by atoms with Crippen molar-refractivity contribution in [2.75, 3.05) is 0 Å². The topological polar surface area (TPSA) is 3.24 Å². The van der Waals surface area contributed by atoms with Crippen LogP contribution >= 0.6 is 23.4 Å². The third-order valence-electron chi connectivity index (χ3n) is 3.02. The lowest BCUT2D eigenvalue weighted by atomic mass is 10.1. The largest absolute Gasteiger partial charge is 0.351 e. The SMILES string of the molecule is Clc1ccccc1C1=CS[CH]N1Cc1ccccc1. The van der Waals surface area contributed by atoms with Gasteiger partial charge in [-0.05, 0) is 17.0 Å². The molecule has 0 spiro atoms. The first kappa shape index (κ1) is 12.6. The fourth-order valence-electron chi connectivity index (χ4n) is 2.08. The van der Waals surface area contributed by atoms with Crippen LogP contribution in [-0.4, -0.2) is 4.90 Å². The number of halogens is 1. The van der Waals surface area contributed by atoms with Crippen molar-refractivity contribution in [2.24, 2.45) is 0 Å². The van der Waals surface area contributed by atoms with Gasteiger partial charge < -0.3 is 4.90 Å². The molecule has 0 N–H and O–H groups in total. The third kappa shape index (κ3) is 2.80. The first-order valence-corrected chi connectivity index (χ1v) is 7.41. The Bertz CT molecular complexity index is 595. The van der Waals surface area contributed by atoms with Gasteiger partial charge in [0.25, 0.3) is 0 Å². The molecule has 2 aromatic carbocycles. The van der Waals surface area contributed by atoms with Crippen molar-refractivity contribution in [1.29, 1.82) is 0 Å². The van der Waals surface area contributed by atoms with Gasteiger partial charge in [0.2, 0.25) is 0 Å². The lowest BCUT2D eigenvalue weighted by molar-refractivity contribution is 0.513. The fraction of sp³-hybridized carbons (Fsp3) is 0.0625. The molecule has 1 aliphatic heterocycles. The van der Waals surface area contributed by atoms with E-state index < -0.39 is 0 Å². The molecule has 0 amide bonds. The number of hydrogen-bond acceptors (Lipinski definition) is 2. The van der Waals surface area contributed by atoms with Crippen molar-refractivity contribution in [1.82, 2.24) is 4.90 Å². The molecule has 95 valence electrons. The summed E-state index contributed by atoms with van der Waals surface area (Å²) in [7, 11) is 0. The van der Waals surface area contributed by atoms with Crippen LogP contribution in [0.1, 0.15) is 11.1 Å². The van der Waals surface area contributed by atoms with E-state index in [0.29, 0.717) is 0 Å². The Balaban J connectivity index is 1.84. The van der Waals surface area contributed by atoms with Gasteiger partial charge in [0, 0.05) is 17.1 Å². The van der Waals surface area contributed by atoms with Crippen LogP contribution in [0.25, 0.3) is 5.70 Å². The van der Waals surface area contributed by atoms with Gasteiger partial charge in [-0.1, -0.05) is 60.1 Å². The third-order valence-corrected chi connectivity index (χ3v) is 4.09. The molecule has 0 saturated carbocycles. The van der Waals surface area contributed by atoms with Crippen molar-refractivity contribution in [3.8, 4) is 0 Å². The Labute approximate surface area is 122 Å². The van der Waals surface area contributed by atoms with E-state index in [1.165, 1.54) is 11.3 Å². The molecule has 0 bridgehead atoms. The van der Waals surface area contributed by atoms with Crippen LogP contribution in [0.5, 0.6) is 0 Å². The average molecular weight is 287 g/mol. The summed E-state index contributed by atoms with van der Waals surface area (Å²) in [5.41, 5.74) is 3.54. The van der Waals surface area contributed by atoms with E-state index in [1.54, 1.807) is 11.8 Å². The van der Waals surface area contributed by atoms with Crippen LogP contribution in [0.3, 0.4) is 0 Å². The molecule has 0 unspecified atom stereocenters. The summed E-state index contributed by atoms with van der Waals surface area (Å²) in [6.45, 7) is 0.866. The van der Waals surface area contributed by atoms with Gasteiger partial charge in [0.15, 0.2) is 0 Å². The van der Waals surface area contributed by atoms with Gasteiger partial charge in [-0.15, -0.1) is 11.8 Å². The van der Waals surface area contributed by atoms with Crippen LogP contribution < -0.4 is 0 Å². The maximum atomic E-state index is 6.28. The normalized spacial score (nSPS) is 14.6. The molecular formula is C16H13ClNS. The first-order valence-electron chi connectivity index (χ1n) is 6.09. The Morgan fingerprint density at radius 3 is 2.47 bits per heavy atom. The Hall–Kier alpha value is -1.38. The summed E-state index contributed by atoms with van der Waals surface area (Å²) in [5.74, 6) is 2.13. The molecule has 1 nitrogen and oxygen atoms in total. The van der Waals surface area contributed by atoms with Gasteiger partial charge in [0.05, 0.1) is 5.70 Å². The zero-order valence-corrected chi connectivity index (χ0v) is 11.9. The minimum absolute atomic E-state index is 0.794. The number of nitrogens with zero attached hydrogens (tertiary/aromatic N) is 1. The zero-order chi connectivity index (χ0) is 13.1. The highest BCUT2D eigenvalue weighted by Crippen LogP contribution is 2.37. The highest BCUT2D eigenvalue weighted by molar-refractivity contribution is 8.04. The van der Waals surface area contributed by atoms with E-state index in [2.05, 4.69) is 46.5 Å². The molecule has 0 fully saturated rings. The molecule has 0 aromatic heterocycles. The average Bonchev–Trinajstić information content (AvgIpc) is 2.88. The highest BCUT2D eigenvalue weighted by atomic mass is 35.5. The summed E-state index contributed by atoms with van der Waals surface area (Å²) in [5, 5.41) is 2.94. The molecule has 0 saturated heterocycles. The molecule has 3 rings (SSSR count). The quantitative estimate of drug-likeness (QED) is 0.780. The number of hydrogen-bond donors (Lipinski definition) is 0. The second kappa shape index (κ2) is 5.72. The van der Waals surface area contributed by atoms with Gasteiger partial charge in [0.1, 0.15) is 5.88 Å². The molecule has 3 heteroatoms. The second-order valence-corrected chi connectivity index (χ2v) is 5.46. The summed E-state index contributed by atoms with van der Waals surface area (Å²) < 4.78 is 0. The van der Waals surface area contributed by atoms with Crippen molar-refractivity contribution in [3.63, 3.8) is 0 Å². The maximum Gasteiger partial charge on any atom is 0.110 e. The molecule has 1 aliphatic rings. The van der Waals surface area contributed by atoms with Gasteiger partial charge in [-0.3, -0.25) is 0 Å². The van der Waals surface area contributed by atoms with Gasteiger partial charge >= 0.3 is 0 Å². The highest BCUT2D eigenvalue weighted by Gasteiger charge is 2.19. The molecule has 1 radical (unpaired) electrons. The summed E-state index contributed by atoms with van der Waals surface area (Å²) in [6.07, 6.45) is 0. The van der Waals surface area contributed by atoms with Crippen LogP contribution in [-0.2, 0) is 6.54 Å². The van der Waals surface area contributed by atoms with Gasteiger partial charge in [-0.25, -0.2) is 0 Å². The minimum Gasteiger partial charge on any atom is -0.351 e. The minimum atomic E-state index is 0.794. The lowest BCUT2D eigenvalue weighted by Gasteiger charge is -2.22. The molecule has 1 heterocycles. The van der Waals surface area contributed by atoms with Crippen LogP contribution in [0.2, 0.25) is 5.02 Å². The first-order chi connectivity index (χ1) is 9.34. The molecule has 0 aliphatic carbocycles. The molecule has 2 aromatic rings. The zero-order valence-electron chi connectivity index (χ0n) is 10.3. The van der Waals surface area contributed by atoms with Crippen molar-refractivity contribution in [2.45, 2.75) is 6.54 Å². The molecule has 19 heavy (non-hydrogen) atoms. The van der Waals surface area contributed by atoms with E-state index in [9.17, 15) is 0 Å². The predicted octanol–water partition coefficient (Wildman–Crippen LogP) is 5.01. The van der Waals surface area contributed by atoms with Gasteiger partial charge in [-0.2, -0.15) is 0 Å². The summed E-state index contributed by atoms with van der Waals surface area (Å²) in [4.78, 5) is 2.24. The maximum absolute atomic E-state index is 6.28. The number of benzene rings is 2. The van der Waals surface area contributed by atoms with Crippen molar-refractivity contribution in [3.05, 3.63) is 82.0 Å². The summed E-state index contributed by atoms with van der Waals surface area (Å²) >= 11 is 7.98. The van der Waals surface area contributed by atoms with Crippen LogP contribution in [0.15, 0.2) is 60.0 Å². The fourth-order valence-corrected chi connectivity index (χ4v) is 3.10. The van der Waals surface area contributed by atoms with E-state index in [4.69, 9.17) is 11.6 Å². The lowest BCUT2D eigenvalue weighted by Crippen LogP contribution is -2.14. The van der Waals surface area contributed by atoms with Crippen LogP contribution in [0, 0.1) is 5.88 Å². The number of rotatable bonds is 3. The monoisotopic (exact) mass is 286 g/mol. The molecular weight excluding hydrogens is 274 g/mol. The Kier molecular flexibility index (Phi) is 3.81. The van der Waals surface area contributed by atoms with Crippen molar-refractivity contribution >= 4 is 29.1 Å². The molecule has 0 atom stereocenters. The Morgan fingerprint density at radius 1 is 0.947 bits per heavy atom. The standard InChI is InChI=1S/C16H13ClNS/c17-15-9-5-4-8-14(15)16-11-19-12-18(16)10-13-6-2-1-3-7-13/h1-9,11-12H,10H2. The van der Waals surface area contributed by atoms with E-state index in [0.717, 1.165) is 17.1 Å². The second-order valence-electron chi connectivity index (χ2n) is 4.34.